The van der Waals surface area contributed by atoms with Crippen LogP contribution in [-0.2, 0) is 0 Å². The number of anilines is 1. The summed E-state index contributed by atoms with van der Waals surface area (Å²) in [6.45, 7) is 8.25. The second-order valence-corrected chi connectivity index (χ2v) is 6.55. The normalized spacial score (nSPS) is 21.9. The van der Waals surface area contributed by atoms with Crippen molar-refractivity contribution in [1.82, 2.24) is 9.88 Å². The number of pyridine rings is 1. The van der Waals surface area contributed by atoms with Crippen molar-refractivity contribution in [2.75, 3.05) is 38.1 Å². The van der Waals surface area contributed by atoms with Gasteiger partial charge in [0.25, 0.3) is 0 Å². The Morgan fingerprint density at radius 2 is 1.90 bits per heavy atom. The van der Waals surface area contributed by atoms with Crippen LogP contribution in [0.15, 0.2) is 12.1 Å². The highest BCUT2D eigenvalue weighted by atomic mass is 16.1. The minimum Gasteiger partial charge on any atom is -0.355 e. The molecule has 3 heterocycles. The van der Waals surface area contributed by atoms with Crippen molar-refractivity contribution in [1.29, 1.82) is 0 Å². The summed E-state index contributed by atoms with van der Waals surface area (Å²) in [7, 11) is 2.20. The van der Waals surface area contributed by atoms with Gasteiger partial charge in [0.1, 0.15) is 11.5 Å². The van der Waals surface area contributed by atoms with Gasteiger partial charge in [-0.05, 0) is 51.5 Å². The highest BCUT2D eigenvalue weighted by Crippen LogP contribution is 2.42. The van der Waals surface area contributed by atoms with E-state index in [1.807, 2.05) is 12.1 Å². The zero-order chi connectivity index (χ0) is 14.3. The first-order chi connectivity index (χ1) is 9.49. The lowest BCUT2D eigenvalue weighted by Crippen LogP contribution is -2.60. The molecule has 2 saturated heterocycles. The molecular weight excluding hydrogens is 250 g/mol. The third kappa shape index (κ3) is 2.33. The number of carbonyl (C=O) groups excluding carboxylic acids is 1. The summed E-state index contributed by atoms with van der Waals surface area (Å²) < 4.78 is 0. The average molecular weight is 273 g/mol. The number of hydrogen-bond donors (Lipinski definition) is 0. The van der Waals surface area contributed by atoms with Crippen LogP contribution in [0.3, 0.4) is 0 Å². The first kappa shape index (κ1) is 13.6. The Bertz CT molecular complexity index is 525. The number of ketones is 1. The Balaban J connectivity index is 1.73. The Morgan fingerprint density at radius 1 is 1.25 bits per heavy atom. The van der Waals surface area contributed by atoms with Crippen LogP contribution in [0.2, 0.25) is 0 Å². The molecule has 0 saturated carbocycles. The molecule has 20 heavy (non-hydrogen) atoms. The summed E-state index contributed by atoms with van der Waals surface area (Å²) in [6, 6.07) is 3.84. The molecule has 2 fully saturated rings. The fraction of sp³-hybridized carbons (Fsp3) is 0.625. The van der Waals surface area contributed by atoms with Crippen LogP contribution in [-0.4, -0.2) is 48.9 Å². The van der Waals surface area contributed by atoms with Crippen LogP contribution in [0.4, 0.5) is 5.82 Å². The molecule has 0 amide bonds. The van der Waals surface area contributed by atoms with Gasteiger partial charge in [-0.15, -0.1) is 0 Å². The summed E-state index contributed by atoms with van der Waals surface area (Å²) in [5.74, 6) is 1.04. The lowest BCUT2D eigenvalue weighted by Gasteiger charge is -2.54. The molecule has 0 bridgehead atoms. The van der Waals surface area contributed by atoms with E-state index in [2.05, 4.69) is 28.8 Å². The predicted molar refractivity (Wildman–Crippen MR) is 80.4 cm³/mol. The monoisotopic (exact) mass is 273 g/mol. The van der Waals surface area contributed by atoms with Gasteiger partial charge in [-0.1, -0.05) is 6.07 Å². The number of rotatable bonds is 2. The van der Waals surface area contributed by atoms with Crippen LogP contribution >= 0.6 is 0 Å². The van der Waals surface area contributed by atoms with Crippen LogP contribution in [0.1, 0.15) is 35.8 Å². The van der Waals surface area contributed by atoms with E-state index in [1.54, 1.807) is 6.92 Å². The van der Waals surface area contributed by atoms with E-state index in [0.29, 0.717) is 11.1 Å². The number of Topliss-reactive ketones (excluding diaryl/α,β-unsaturated/α-hetero) is 1. The minimum absolute atomic E-state index is 0.0424. The lowest BCUT2D eigenvalue weighted by atomic mass is 9.72. The molecule has 0 N–H and O–H groups in total. The van der Waals surface area contributed by atoms with Gasteiger partial charge in [0.05, 0.1) is 0 Å². The van der Waals surface area contributed by atoms with E-state index in [0.717, 1.165) is 24.5 Å². The second kappa shape index (κ2) is 4.85. The van der Waals surface area contributed by atoms with E-state index in [-0.39, 0.29) is 5.78 Å². The standard InChI is InChI=1S/C16H23N3O/c1-12-4-5-14(13(2)20)17-15(12)19-10-16(11-19)6-8-18(3)9-7-16/h4-5H,6-11H2,1-3H3. The van der Waals surface area contributed by atoms with Crippen molar-refractivity contribution >= 4 is 11.6 Å². The van der Waals surface area contributed by atoms with Gasteiger partial charge in [-0.3, -0.25) is 4.79 Å². The summed E-state index contributed by atoms with van der Waals surface area (Å²) in [6.07, 6.45) is 2.57. The maximum absolute atomic E-state index is 11.5. The molecule has 0 aromatic carbocycles. The van der Waals surface area contributed by atoms with Crippen molar-refractivity contribution < 1.29 is 4.79 Å². The van der Waals surface area contributed by atoms with Gasteiger partial charge in [-0.2, -0.15) is 0 Å². The smallest absolute Gasteiger partial charge is 0.178 e. The molecule has 0 atom stereocenters. The fourth-order valence-corrected chi connectivity index (χ4v) is 3.36. The molecule has 1 spiro atoms. The highest BCUT2D eigenvalue weighted by molar-refractivity contribution is 5.92. The van der Waals surface area contributed by atoms with Crippen molar-refractivity contribution in [2.24, 2.45) is 5.41 Å². The molecule has 4 nitrogen and oxygen atoms in total. The molecule has 2 aliphatic heterocycles. The molecule has 0 aliphatic carbocycles. The number of nitrogens with zero attached hydrogens (tertiary/aromatic N) is 3. The Kier molecular flexibility index (Phi) is 3.28. The van der Waals surface area contributed by atoms with Crippen molar-refractivity contribution in [3.8, 4) is 0 Å². The van der Waals surface area contributed by atoms with Gasteiger partial charge < -0.3 is 9.80 Å². The summed E-state index contributed by atoms with van der Waals surface area (Å²) in [5, 5.41) is 0. The molecule has 1 aromatic heterocycles. The number of aromatic nitrogens is 1. The van der Waals surface area contributed by atoms with Crippen molar-refractivity contribution in [3.05, 3.63) is 23.4 Å². The summed E-state index contributed by atoms with van der Waals surface area (Å²) in [5.41, 5.74) is 2.24. The van der Waals surface area contributed by atoms with E-state index in [4.69, 9.17) is 0 Å². The average Bonchev–Trinajstić information content (AvgIpc) is 2.38. The zero-order valence-electron chi connectivity index (χ0n) is 12.6. The molecule has 4 heteroatoms. The zero-order valence-corrected chi connectivity index (χ0v) is 12.6. The van der Waals surface area contributed by atoms with Crippen LogP contribution in [0, 0.1) is 12.3 Å². The van der Waals surface area contributed by atoms with Crippen molar-refractivity contribution in [2.45, 2.75) is 26.7 Å². The Labute approximate surface area is 120 Å². The van der Waals surface area contributed by atoms with E-state index in [1.165, 1.54) is 25.9 Å². The second-order valence-electron chi connectivity index (χ2n) is 6.55. The van der Waals surface area contributed by atoms with Crippen LogP contribution in [0.5, 0.6) is 0 Å². The number of likely N-dealkylation sites (tertiary alicyclic amines) is 1. The number of carbonyl (C=O) groups is 1. The van der Waals surface area contributed by atoms with Gasteiger partial charge in [0, 0.05) is 25.4 Å². The third-order valence-electron chi connectivity index (χ3n) is 4.83. The molecule has 108 valence electrons. The van der Waals surface area contributed by atoms with Gasteiger partial charge in [-0.25, -0.2) is 4.98 Å². The molecule has 1 aromatic rings. The minimum atomic E-state index is 0.0424. The predicted octanol–water partition coefficient (Wildman–Crippen LogP) is 2.12. The number of hydrogen-bond acceptors (Lipinski definition) is 4. The fourth-order valence-electron chi connectivity index (χ4n) is 3.36. The summed E-state index contributed by atoms with van der Waals surface area (Å²) in [4.78, 5) is 20.8. The van der Waals surface area contributed by atoms with E-state index >= 15 is 0 Å². The first-order valence-electron chi connectivity index (χ1n) is 7.41. The molecule has 0 unspecified atom stereocenters. The first-order valence-corrected chi connectivity index (χ1v) is 7.41. The lowest BCUT2D eigenvalue weighted by molar-refractivity contribution is 0.0898. The van der Waals surface area contributed by atoms with Crippen molar-refractivity contribution in [3.63, 3.8) is 0 Å². The van der Waals surface area contributed by atoms with Gasteiger partial charge in [0.15, 0.2) is 5.78 Å². The Morgan fingerprint density at radius 3 is 2.50 bits per heavy atom. The Hall–Kier alpha value is -1.42. The molecule has 0 radical (unpaired) electrons. The van der Waals surface area contributed by atoms with Crippen LogP contribution < -0.4 is 4.90 Å². The quantitative estimate of drug-likeness (QED) is 0.773. The number of aryl methyl sites for hydroxylation is 1. The van der Waals surface area contributed by atoms with Gasteiger partial charge in [0.2, 0.25) is 0 Å². The maximum Gasteiger partial charge on any atom is 0.178 e. The molecular formula is C16H23N3O. The molecule has 3 rings (SSSR count). The SMILES string of the molecule is CC(=O)c1ccc(C)c(N2CC3(CCN(C)CC3)C2)n1. The third-order valence-corrected chi connectivity index (χ3v) is 4.83. The van der Waals surface area contributed by atoms with Gasteiger partial charge >= 0.3 is 0 Å². The summed E-state index contributed by atoms with van der Waals surface area (Å²) >= 11 is 0. The maximum atomic E-state index is 11.5. The van der Waals surface area contributed by atoms with E-state index in [9.17, 15) is 4.79 Å². The largest absolute Gasteiger partial charge is 0.355 e. The molecule has 2 aliphatic rings. The number of piperidine rings is 1. The van der Waals surface area contributed by atoms with Crippen LogP contribution in [0.25, 0.3) is 0 Å². The topological polar surface area (TPSA) is 36.4 Å². The highest BCUT2D eigenvalue weighted by Gasteiger charge is 2.45. The van der Waals surface area contributed by atoms with E-state index < -0.39 is 0 Å².